The molecule has 2 aromatic carbocycles. The highest BCUT2D eigenvalue weighted by molar-refractivity contribution is 5.98. The summed E-state index contributed by atoms with van der Waals surface area (Å²) >= 11 is 0. The molecule has 0 unspecified atom stereocenters. The van der Waals surface area contributed by atoms with Gasteiger partial charge in [-0.25, -0.2) is 9.49 Å². The number of aryl methyl sites for hydroxylation is 1. The van der Waals surface area contributed by atoms with Gasteiger partial charge in [0.25, 0.3) is 11.5 Å². The summed E-state index contributed by atoms with van der Waals surface area (Å²) in [5, 5.41) is 19.3. The number of carbonyl (C=O) groups is 3. The SMILES string of the molecule is CC[C@@H](NC(=O)c1ccc(Cc2ccn[nH]c2=O)c(C)c1)C(=O)N1[C@H](c2cccc(F)c2)CC[C@@H]1C(CC)(CC)C(=O)O. The van der Waals surface area contributed by atoms with Gasteiger partial charge in [-0.15, -0.1) is 0 Å². The first-order valence-electron chi connectivity index (χ1n) is 14.8. The number of amides is 2. The van der Waals surface area contributed by atoms with E-state index in [1.165, 1.54) is 18.3 Å². The van der Waals surface area contributed by atoms with Gasteiger partial charge < -0.3 is 15.3 Å². The molecular weight excluding hydrogens is 551 g/mol. The monoisotopic (exact) mass is 590 g/mol. The quantitative estimate of drug-likeness (QED) is 0.290. The van der Waals surface area contributed by atoms with E-state index in [2.05, 4.69) is 15.5 Å². The molecule has 1 aromatic heterocycles. The number of hydrogen-bond donors (Lipinski definition) is 3. The van der Waals surface area contributed by atoms with Crippen molar-refractivity contribution >= 4 is 17.8 Å². The summed E-state index contributed by atoms with van der Waals surface area (Å²) in [6.07, 6.45) is 3.75. The van der Waals surface area contributed by atoms with Crippen molar-refractivity contribution in [3.8, 4) is 0 Å². The standard InChI is InChI=1S/C33H39FN4O5/c1-5-26(36-29(39)23-12-11-21(20(4)17-23)18-24-15-16-35-37-30(24)40)31(41)38-27(22-9-8-10-25(34)19-22)13-14-28(38)33(6-2,7-3)32(42)43/h8-12,15-17,19,26-28H,5-7,13-14,18H2,1-4H3,(H,36,39)(H,37,40)(H,42,43)/t26-,27+,28-/m1/s1. The molecule has 2 heterocycles. The summed E-state index contributed by atoms with van der Waals surface area (Å²) in [7, 11) is 0. The van der Waals surface area contributed by atoms with Crippen LogP contribution in [0.3, 0.4) is 0 Å². The minimum absolute atomic E-state index is 0.275. The lowest BCUT2D eigenvalue weighted by atomic mass is 9.74. The molecule has 0 aliphatic carbocycles. The predicted molar refractivity (Wildman–Crippen MR) is 160 cm³/mol. The highest BCUT2D eigenvalue weighted by atomic mass is 19.1. The molecule has 228 valence electrons. The fourth-order valence-corrected chi connectivity index (χ4v) is 6.38. The number of benzene rings is 2. The maximum atomic E-state index is 14.3. The van der Waals surface area contributed by atoms with Crippen LogP contribution in [0.2, 0.25) is 0 Å². The second-order valence-corrected chi connectivity index (χ2v) is 11.2. The summed E-state index contributed by atoms with van der Waals surface area (Å²) in [4.78, 5) is 54.0. The molecule has 1 saturated heterocycles. The molecule has 1 aliphatic rings. The van der Waals surface area contributed by atoms with E-state index in [0.29, 0.717) is 48.8 Å². The summed E-state index contributed by atoms with van der Waals surface area (Å²) in [6, 6.07) is 10.8. The zero-order valence-electron chi connectivity index (χ0n) is 25.0. The van der Waals surface area contributed by atoms with Crippen LogP contribution < -0.4 is 10.9 Å². The minimum atomic E-state index is -1.18. The molecule has 3 N–H and O–H groups in total. The van der Waals surface area contributed by atoms with E-state index in [4.69, 9.17) is 0 Å². The molecule has 1 aliphatic heterocycles. The molecule has 43 heavy (non-hydrogen) atoms. The van der Waals surface area contributed by atoms with E-state index in [9.17, 15) is 28.7 Å². The molecule has 3 atom stereocenters. The van der Waals surface area contributed by atoms with Crippen molar-refractivity contribution < 1.29 is 23.9 Å². The number of rotatable bonds is 11. The Kier molecular flexibility index (Phi) is 9.78. The number of carbonyl (C=O) groups excluding carboxylic acids is 2. The van der Waals surface area contributed by atoms with Crippen LogP contribution in [0.25, 0.3) is 0 Å². The Morgan fingerprint density at radius 3 is 2.44 bits per heavy atom. The van der Waals surface area contributed by atoms with Gasteiger partial charge in [0.1, 0.15) is 11.9 Å². The molecule has 0 saturated carbocycles. The average Bonchev–Trinajstić information content (AvgIpc) is 3.44. The van der Waals surface area contributed by atoms with Gasteiger partial charge in [-0.3, -0.25) is 19.2 Å². The Balaban J connectivity index is 1.62. The van der Waals surface area contributed by atoms with Crippen molar-refractivity contribution in [3.05, 3.63) is 98.7 Å². The highest BCUT2D eigenvalue weighted by Crippen LogP contribution is 2.47. The molecule has 0 radical (unpaired) electrons. The zero-order valence-corrected chi connectivity index (χ0v) is 25.0. The third-order valence-corrected chi connectivity index (χ3v) is 9.00. The van der Waals surface area contributed by atoms with Crippen LogP contribution in [0.5, 0.6) is 0 Å². The Bertz CT molecular complexity index is 1550. The third kappa shape index (κ3) is 6.38. The van der Waals surface area contributed by atoms with E-state index in [1.54, 1.807) is 48.2 Å². The number of carboxylic acids is 1. The highest BCUT2D eigenvalue weighted by Gasteiger charge is 2.53. The van der Waals surface area contributed by atoms with E-state index in [-0.39, 0.29) is 17.9 Å². The van der Waals surface area contributed by atoms with E-state index in [1.807, 2.05) is 20.8 Å². The van der Waals surface area contributed by atoms with Crippen LogP contribution in [0, 0.1) is 18.2 Å². The van der Waals surface area contributed by atoms with E-state index < -0.39 is 41.2 Å². The molecule has 0 spiro atoms. The number of halogens is 1. The molecule has 1 fully saturated rings. The Labute approximate surface area is 250 Å². The summed E-state index contributed by atoms with van der Waals surface area (Å²) in [6.45, 7) is 7.26. The van der Waals surface area contributed by atoms with Crippen LogP contribution in [0.1, 0.15) is 91.5 Å². The van der Waals surface area contributed by atoms with Crippen LogP contribution in [-0.2, 0) is 16.0 Å². The number of aliphatic carboxylic acids is 1. The molecule has 3 aromatic rings. The fourth-order valence-electron chi connectivity index (χ4n) is 6.38. The molecule has 10 heteroatoms. The van der Waals surface area contributed by atoms with Crippen molar-refractivity contribution in [3.63, 3.8) is 0 Å². The first kappa shape index (κ1) is 31.6. The summed E-state index contributed by atoms with van der Waals surface area (Å²) in [5.74, 6) is -2.23. The second-order valence-electron chi connectivity index (χ2n) is 11.2. The van der Waals surface area contributed by atoms with Gasteiger partial charge >= 0.3 is 5.97 Å². The topological polar surface area (TPSA) is 132 Å². The Hall–Kier alpha value is -4.34. The Morgan fingerprint density at radius 1 is 1.09 bits per heavy atom. The van der Waals surface area contributed by atoms with Crippen molar-refractivity contribution in [2.24, 2.45) is 5.41 Å². The van der Waals surface area contributed by atoms with Gasteiger partial charge in [-0.1, -0.05) is 39.0 Å². The first-order valence-corrected chi connectivity index (χ1v) is 14.8. The first-order chi connectivity index (χ1) is 20.6. The fraction of sp³-hybridized carbons (Fsp3) is 0.424. The lowest BCUT2D eigenvalue weighted by Crippen LogP contribution is -2.56. The van der Waals surface area contributed by atoms with Gasteiger partial charge in [-0.05, 0) is 86.1 Å². The predicted octanol–water partition coefficient (Wildman–Crippen LogP) is 4.94. The van der Waals surface area contributed by atoms with Crippen LogP contribution in [0.15, 0.2) is 59.5 Å². The number of hydrogen-bond acceptors (Lipinski definition) is 5. The lowest BCUT2D eigenvalue weighted by molar-refractivity contribution is -0.157. The lowest BCUT2D eigenvalue weighted by Gasteiger charge is -2.42. The molecule has 9 nitrogen and oxygen atoms in total. The van der Waals surface area contributed by atoms with Crippen molar-refractivity contribution in [1.82, 2.24) is 20.4 Å². The van der Waals surface area contributed by atoms with E-state index >= 15 is 0 Å². The van der Waals surface area contributed by atoms with Gasteiger partial charge in [-0.2, -0.15) is 5.10 Å². The summed E-state index contributed by atoms with van der Waals surface area (Å²) in [5.41, 5.74) is 1.74. The maximum Gasteiger partial charge on any atom is 0.311 e. The average molecular weight is 591 g/mol. The Morgan fingerprint density at radius 2 is 1.84 bits per heavy atom. The molecular formula is C33H39FN4O5. The molecule has 0 bridgehead atoms. The van der Waals surface area contributed by atoms with Gasteiger partial charge in [0, 0.05) is 29.8 Å². The third-order valence-electron chi connectivity index (χ3n) is 9.00. The largest absolute Gasteiger partial charge is 0.481 e. The maximum absolute atomic E-state index is 14.3. The number of nitrogens with zero attached hydrogens (tertiary/aromatic N) is 2. The van der Waals surface area contributed by atoms with Crippen LogP contribution >= 0.6 is 0 Å². The number of nitrogens with one attached hydrogen (secondary N) is 2. The zero-order chi connectivity index (χ0) is 31.3. The van der Waals surface area contributed by atoms with Crippen LogP contribution in [-0.4, -0.2) is 50.1 Å². The number of aromatic nitrogens is 2. The van der Waals surface area contributed by atoms with Crippen molar-refractivity contribution in [2.75, 3.05) is 0 Å². The summed E-state index contributed by atoms with van der Waals surface area (Å²) < 4.78 is 14.3. The van der Waals surface area contributed by atoms with E-state index in [0.717, 1.165) is 11.1 Å². The second kappa shape index (κ2) is 13.3. The van der Waals surface area contributed by atoms with Crippen LogP contribution in [0.4, 0.5) is 4.39 Å². The molecule has 2 amide bonds. The number of likely N-dealkylation sites (tertiary alicyclic amines) is 1. The smallest absolute Gasteiger partial charge is 0.311 e. The van der Waals surface area contributed by atoms with Gasteiger partial charge in [0.2, 0.25) is 5.91 Å². The molecule has 4 rings (SSSR count). The normalized spacial score (nSPS) is 17.5. The van der Waals surface area contributed by atoms with Gasteiger partial charge in [0.05, 0.1) is 11.5 Å². The van der Waals surface area contributed by atoms with Crippen molar-refractivity contribution in [1.29, 1.82) is 0 Å². The number of carboxylic acid groups (broad SMARTS) is 1. The number of H-pyrrole nitrogens is 1. The number of aromatic amines is 1. The van der Waals surface area contributed by atoms with Gasteiger partial charge in [0.15, 0.2) is 0 Å². The minimum Gasteiger partial charge on any atom is -0.481 e. The van der Waals surface area contributed by atoms with Crippen molar-refractivity contribution in [2.45, 2.75) is 84.3 Å².